The number of nitrogens with zero attached hydrogens (tertiary/aromatic N) is 3. The number of rotatable bonds is 4. The third-order valence-electron chi connectivity index (χ3n) is 2.36. The molecule has 0 saturated carbocycles. The topological polar surface area (TPSA) is 42.2 Å². The molecule has 0 spiro atoms. The Kier molecular flexibility index (Phi) is 2.85. The molecule has 0 aliphatic heterocycles. The van der Waals surface area contributed by atoms with Gasteiger partial charge in [-0.1, -0.05) is 13.3 Å². The molecule has 2 aromatic rings. The highest BCUT2D eigenvalue weighted by molar-refractivity contribution is 5.51. The Hall–Kier alpha value is -1.58. The van der Waals surface area contributed by atoms with E-state index in [1.165, 1.54) is 18.4 Å². The lowest BCUT2D eigenvalue weighted by molar-refractivity contribution is 0.822. The van der Waals surface area contributed by atoms with Gasteiger partial charge in [0.2, 0.25) is 0 Å². The Balaban J connectivity index is 2.27. The van der Waals surface area contributed by atoms with Crippen molar-refractivity contribution in [3.63, 3.8) is 0 Å². The molecule has 0 aliphatic carbocycles. The normalized spacial score (nSPS) is 10.8. The van der Waals surface area contributed by atoms with Crippen molar-refractivity contribution in [3.8, 4) is 0 Å². The molecule has 0 atom stereocenters. The predicted octanol–water partition coefficient (Wildman–Crippen LogP) is 2.25. The van der Waals surface area contributed by atoms with E-state index in [1.807, 2.05) is 10.6 Å². The van der Waals surface area contributed by atoms with Gasteiger partial charge >= 0.3 is 0 Å². The molecule has 15 heavy (non-hydrogen) atoms. The Morgan fingerprint density at radius 1 is 1.40 bits per heavy atom. The van der Waals surface area contributed by atoms with Crippen LogP contribution >= 0.6 is 0 Å². The Labute approximate surface area is 89.3 Å². The highest BCUT2D eigenvalue weighted by Gasteiger charge is 2.02. The molecule has 1 N–H and O–H groups in total. The number of aryl methyl sites for hydroxylation is 1. The zero-order valence-electron chi connectivity index (χ0n) is 9.20. The van der Waals surface area contributed by atoms with Crippen LogP contribution in [-0.2, 0) is 0 Å². The second-order valence-electron chi connectivity index (χ2n) is 3.73. The molecule has 0 aromatic carbocycles. The van der Waals surface area contributed by atoms with E-state index in [0.717, 1.165) is 18.0 Å². The molecular formula is C11H16N4. The van der Waals surface area contributed by atoms with Crippen LogP contribution in [-0.4, -0.2) is 21.1 Å². The third-order valence-corrected chi connectivity index (χ3v) is 2.36. The average molecular weight is 204 g/mol. The van der Waals surface area contributed by atoms with Crippen LogP contribution in [0.15, 0.2) is 18.5 Å². The highest BCUT2D eigenvalue weighted by atomic mass is 15.3. The second-order valence-corrected chi connectivity index (χ2v) is 3.73. The fourth-order valence-electron chi connectivity index (χ4n) is 1.58. The second kappa shape index (κ2) is 4.29. The van der Waals surface area contributed by atoms with Gasteiger partial charge in [-0.25, -0.2) is 4.98 Å². The van der Waals surface area contributed by atoms with Crippen LogP contribution in [0.25, 0.3) is 5.65 Å². The molecule has 80 valence electrons. The molecule has 0 saturated heterocycles. The molecule has 4 nitrogen and oxygen atoms in total. The first-order valence-corrected chi connectivity index (χ1v) is 5.35. The Bertz CT molecular complexity index is 447. The number of hydrogen-bond acceptors (Lipinski definition) is 3. The lowest BCUT2D eigenvalue weighted by Crippen LogP contribution is -2.06. The van der Waals surface area contributed by atoms with Gasteiger partial charge in [0.05, 0.1) is 0 Å². The van der Waals surface area contributed by atoms with E-state index in [1.54, 1.807) is 6.33 Å². The first-order valence-electron chi connectivity index (χ1n) is 5.35. The summed E-state index contributed by atoms with van der Waals surface area (Å²) in [6.07, 6.45) is 3.95. The van der Waals surface area contributed by atoms with E-state index in [2.05, 4.69) is 35.3 Å². The van der Waals surface area contributed by atoms with Crippen molar-refractivity contribution in [3.05, 3.63) is 24.0 Å². The zero-order valence-corrected chi connectivity index (χ0v) is 9.20. The fourth-order valence-corrected chi connectivity index (χ4v) is 1.58. The van der Waals surface area contributed by atoms with Crippen LogP contribution in [0, 0.1) is 6.92 Å². The van der Waals surface area contributed by atoms with E-state index < -0.39 is 0 Å². The van der Waals surface area contributed by atoms with Gasteiger partial charge in [0.15, 0.2) is 5.65 Å². The summed E-state index contributed by atoms with van der Waals surface area (Å²) < 4.78 is 1.84. The van der Waals surface area contributed by atoms with E-state index in [-0.39, 0.29) is 0 Å². The summed E-state index contributed by atoms with van der Waals surface area (Å²) in [5.41, 5.74) is 2.10. The van der Waals surface area contributed by atoms with Gasteiger partial charge in [0.25, 0.3) is 0 Å². The van der Waals surface area contributed by atoms with Gasteiger partial charge in [-0.2, -0.15) is 9.61 Å². The molecular weight excluding hydrogens is 188 g/mol. The third kappa shape index (κ3) is 2.09. The monoisotopic (exact) mass is 204 g/mol. The number of aromatic nitrogens is 3. The van der Waals surface area contributed by atoms with Gasteiger partial charge in [-0.15, -0.1) is 0 Å². The SMILES string of the molecule is CCCCNc1cc(C)cc2ncnn12. The molecule has 4 heteroatoms. The summed E-state index contributed by atoms with van der Waals surface area (Å²) >= 11 is 0. The van der Waals surface area contributed by atoms with Crippen molar-refractivity contribution in [2.24, 2.45) is 0 Å². The van der Waals surface area contributed by atoms with Crippen molar-refractivity contribution < 1.29 is 0 Å². The number of nitrogens with one attached hydrogen (secondary N) is 1. The molecule has 0 fully saturated rings. The molecule has 2 rings (SSSR count). The van der Waals surface area contributed by atoms with E-state index in [9.17, 15) is 0 Å². The Morgan fingerprint density at radius 3 is 3.07 bits per heavy atom. The molecule has 0 amide bonds. The number of fused-ring (bicyclic) bond motifs is 1. The van der Waals surface area contributed by atoms with Gasteiger partial charge in [-0.05, 0) is 31.0 Å². The minimum Gasteiger partial charge on any atom is -0.370 e. The minimum atomic E-state index is 0.897. The standard InChI is InChI=1S/C11H16N4/c1-3-4-5-12-10-6-9(2)7-11-13-8-14-15(10)11/h6-8,12H,3-5H2,1-2H3. The summed E-state index contributed by atoms with van der Waals surface area (Å²) in [4.78, 5) is 4.18. The zero-order chi connectivity index (χ0) is 10.7. The maximum Gasteiger partial charge on any atom is 0.157 e. The first-order chi connectivity index (χ1) is 7.31. The summed E-state index contributed by atoms with van der Waals surface area (Å²) in [5.74, 6) is 1.02. The van der Waals surface area contributed by atoms with Crippen molar-refractivity contribution in [1.82, 2.24) is 14.6 Å². The molecule has 0 bridgehead atoms. The van der Waals surface area contributed by atoms with Crippen LogP contribution in [0.2, 0.25) is 0 Å². The highest BCUT2D eigenvalue weighted by Crippen LogP contribution is 2.12. The predicted molar refractivity (Wildman–Crippen MR) is 61.1 cm³/mol. The largest absolute Gasteiger partial charge is 0.370 e. The van der Waals surface area contributed by atoms with E-state index in [0.29, 0.717) is 0 Å². The van der Waals surface area contributed by atoms with Gasteiger partial charge in [0, 0.05) is 6.54 Å². The molecule has 2 aromatic heterocycles. The molecule has 0 unspecified atom stereocenters. The number of hydrogen-bond donors (Lipinski definition) is 1. The van der Waals surface area contributed by atoms with Crippen LogP contribution in [0.3, 0.4) is 0 Å². The summed E-state index contributed by atoms with van der Waals surface area (Å²) in [7, 11) is 0. The lowest BCUT2D eigenvalue weighted by Gasteiger charge is -2.08. The first kappa shape index (κ1) is 9.96. The number of unbranched alkanes of at least 4 members (excludes halogenated alkanes) is 1. The quantitative estimate of drug-likeness (QED) is 0.777. The van der Waals surface area contributed by atoms with Gasteiger partial charge in [-0.3, -0.25) is 0 Å². The van der Waals surface area contributed by atoms with Crippen molar-refractivity contribution in [1.29, 1.82) is 0 Å². The lowest BCUT2D eigenvalue weighted by atomic mass is 10.3. The van der Waals surface area contributed by atoms with Crippen LogP contribution in [0.1, 0.15) is 25.3 Å². The van der Waals surface area contributed by atoms with Crippen molar-refractivity contribution >= 4 is 11.5 Å². The van der Waals surface area contributed by atoms with Gasteiger partial charge in [0.1, 0.15) is 12.1 Å². The van der Waals surface area contributed by atoms with Crippen LogP contribution in [0.4, 0.5) is 5.82 Å². The van der Waals surface area contributed by atoms with Gasteiger partial charge < -0.3 is 5.32 Å². The van der Waals surface area contributed by atoms with Crippen LogP contribution in [0.5, 0.6) is 0 Å². The fraction of sp³-hybridized carbons (Fsp3) is 0.455. The number of pyridine rings is 1. The Morgan fingerprint density at radius 2 is 2.27 bits per heavy atom. The van der Waals surface area contributed by atoms with E-state index in [4.69, 9.17) is 0 Å². The molecule has 2 heterocycles. The van der Waals surface area contributed by atoms with Crippen molar-refractivity contribution in [2.75, 3.05) is 11.9 Å². The summed E-state index contributed by atoms with van der Waals surface area (Å²) in [6.45, 7) is 5.23. The minimum absolute atomic E-state index is 0.897. The smallest absolute Gasteiger partial charge is 0.157 e. The number of anilines is 1. The van der Waals surface area contributed by atoms with E-state index >= 15 is 0 Å². The van der Waals surface area contributed by atoms with Crippen LogP contribution < -0.4 is 5.32 Å². The molecule has 0 radical (unpaired) electrons. The summed E-state index contributed by atoms with van der Waals surface area (Å²) in [5, 5.41) is 7.56. The maximum absolute atomic E-state index is 4.18. The maximum atomic E-state index is 4.18. The molecule has 0 aliphatic rings. The van der Waals surface area contributed by atoms with Crippen molar-refractivity contribution in [2.45, 2.75) is 26.7 Å². The summed E-state index contributed by atoms with van der Waals surface area (Å²) in [6, 6.07) is 4.12. The average Bonchev–Trinajstić information content (AvgIpc) is 2.65.